The van der Waals surface area contributed by atoms with Gasteiger partial charge in [-0.25, -0.2) is 0 Å². The molecule has 2 aromatic rings. The lowest BCUT2D eigenvalue weighted by molar-refractivity contribution is -0.137. The fourth-order valence-electron chi connectivity index (χ4n) is 3.38. The van der Waals surface area contributed by atoms with Gasteiger partial charge in [0.15, 0.2) is 0 Å². The zero-order chi connectivity index (χ0) is 19.6. The van der Waals surface area contributed by atoms with Crippen LogP contribution in [-0.4, -0.2) is 42.3 Å². The molecule has 0 radical (unpaired) electrons. The molecule has 0 spiro atoms. The number of likely N-dealkylation sites (tertiary alicyclic amines) is 1. The lowest BCUT2D eigenvalue weighted by Gasteiger charge is -2.16. The Morgan fingerprint density at radius 3 is 2.56 bits per heavy atom. The number of rotatable bonds is 5. The van der Waals surface area contributed by atoms with Gasteiger partial charge in [-0.05, 0) is 24.6 Å². The number of amides is 1. The molecule has 1 saturated heterocycles. The summed E-state index contributed by atoms with van der Waals surface area (Å²) in [6, 6.07) is 6.55. The SMILES string of the molecule is CO[C@H]1CN(C(=O)Cc2ccc(C(F)(F)F)cc2)C[C@H]1Cc1cc(C)no1. The molecule has 8 heteroatoms. The molecule has 0 saturated carbocycles. The van der Waals surface area contributed by atoms with Crippen LogP contribution in [-0.2, 0) is 28.5 Å². The van der Waals surface area contributed by atoms with Crippen LogP contribution in [0, 0.1) is 12.8 Å². The largest absolute Gasteiger partial charge is 0.416 e. The van der Waals surface area contributed by atoms with Crippen molar-refractivity contribution in [2.24, 2.45) is 5.92 Å². The zero-order valence-corrected chi connectivity index (χ0v) is 15.1. The van der Waals surface area contributed by atoms with E-state index in [9.17, 15) is 18.0 Å². The summed E-state index contributed by atoms with van der Waals surface area (Å²) in [5.74, 6) is 0.698. The standard InChI is InChI=1S/C19H21F3N2O3/c1-12-7-16(27-23-12)9-14-10-24(11-17(14)26-2)18(25)8-13-3-5-15(6-4-13)19(20,21)22/h3-7,14,17H,8-11H2,1-2H3/t14-,17+/m1/s1. The Labute approximate surface area is 155 Å². The summed E-state index contributed by atoms with van der Waals surface area (Å²) in [5, 5.41) is 3.87. The van der Waals surface area contributed by atoms with E-state index in [4.69, 9.17) is 9.26 Å². The van der Waals surface area contributed by atoms with E-state index in [1.165, 1.54) is 12.1 Å². The molecule has 1 fully saturated rings. The molecule has 5 nitrogen and oxygen atoms in total. The van der Waals surface area contributed by atoms with Crippen molar-refractivity contribution in [2.45, 2.75) is 32.0 Å². The van der Waals surface area contributed by atoms with E-state index in [0.29, 0.717) is 25.1 Å². The predicted molar refractivity (Wildman–Crippen MR) is 91.0 cm³/mol. The van der Waals surface area contributed by atoms with Crippen LogP contribution in [0.3, 0.4) is 0 Å². The summed E-state index contributed by atoms with van der Waals surface area (Å²) < 4.78 is 48.7. The van der Waals surface area contributed by atoms with Crippen LogP contribution in [0.4, 0.5) is 13.2 Å². The van der Waals surface area contributed by atoms with Gasteiger partial charge in [-0.2, -0.15) is 13.2 Å². The minimum atomic E-state index is -4.38. The van der Waals surface area contributed by atoms with Crippen molar-refractivity contribution < 1.29 is 27.2 Å². The minimum Gasteiger partial charge on any atom is -0.379 e. The van der Waals surface area contributed by atoms with Crippen molar-refractivity contribution in [1.82, 2.24) is 10.1 Å². The molecule has 0 bridgehead atoms. The zero-order valence-electron chi connectivity index (χ0n) is 15.1. The number of nitrogens with zero attached hydrogens (tertiary/aromatic N) is 2. The maximum atomic E-state index is 12.6. The van der Waals surface area contributed by atoms with Crippen LogP contribution in [0.1, 0.15) is 22.6 Å². The molecule has 1 aliphatic rings. The molecular formula is C19H21F3N2O3. The van der Waals surface area contributed by atoms with Crippen molar-refractivity contribution in [3.63, 3.8) is 0 Å². The summed E-state index contributed by atoms with van der Waals surface area (Å²) in [6.07, 6.45) is -3.83. The molecule has 0 unspecified atom stereocenters. The highest BCUT2D eigenvalue weighted by atomic mass is 19.4. The predicted octanol–water partition coefficient (Wildman–Crippen LogP) is 3.26. The number of hydrogen-bond donors (Lipinski definition) is 0. The highest BCUT2D eigenvalue weighted by Crippen LogP contribution is 2.29. The quantitative estimate of drug-likeness (QED) is 0.797. The summed E-state index contributed by atoms with van der Waals surface area (Å²) >= 11 is 0. The second-order valence-corrected chi connectivity index (χ2v) is 6.84. The molecular weight excluding hydrogens is 361 g/mol. The van der Waals surface area contributed by atoms with Gasteiger partial charge in [0.1, 0.15) is 5.76 Å². The average Bonchev–Trinajstić information content (AvgIpc) is 3.21. The first-order valence-electron chi connectivity index (χ1n) is 8.65. The number of methoxy groups -OCH3 is 1. The van der Waals surface area contributed by atoms with E-state index in [2.05, 4.69) is 5.16 Å². The van der Waals surface area contributed by atoms with Crippen LogP contribution < -0.4 is 0 Å². The summed E-state index contributed by atoms with van der Waals surface area (Å²) in [5.41, 5.74) is 0.630. The van der Waals surface area contributed by atoms with Crippen LogP contribution in [0.2, 0.25) is 0 Å². The molecule has 2 atom stereocenters. The fraction of sp³-hybridized carbons (Fsp3) is 0.474. The normalized spacial score (nSPS) is 20.3. The second kappa shape index (κ2) is 7.72. The van der Waals surface area contributed by atoms with Gasteiger partial charge >= 0.3 is 6.18 Å². The van der Waals surface area contributed by atoms with Gasteiger partial charge in [-0.3, -0.25) is 4.79 Å². The Kier molecular flexibility index (Phi) is 5.55. The van der Waals surface area contributed by atoms with Gasteiger partial charge in [0.2, 0.25) is 5.91 Å². The van der Waals surface area contributed by atoms with Gasteiger partial charge in [-0.1, -0.05) is 17.3 Å². The van der Waals surface area contributed by atoms with E-state index >= 15 is 0 Å². The van der Waals surface area contributed by atoms with Gasteiger partial charge in [0.05, 0.1) is 23.8 Å². The molecule has 0 aliphatic carbocycles. The number of ether oxygens (including phenoxy) is 1. The number of aryl methyl sites for hydroxylation is 1. The second-order valence-electron chi connectivity index (χ2n) is 6.84. The minimum absolute atomic E-state index is 0.0582. The third-order valence-corrected chi connectivity index (χ3v) is 4.81. The van der Waals surface area contributed by atoms with Crippen molar-refractivity contribution >= 4 is 5.91 Å². The van der Waals surface area contributed by atoms with E-state index < -0.39 is 11.7 Å². The van der Waals surface area contributed by atoms with Gasteiger partial charge in [0.25, 0.3) is 0 Å². The summed E-state index contributed by atoms with van der Waals surface area (Å²) in [4.78, 5) is 14.3. The van der Waals surface area contributed by atoms with Crippen molar-refractivity contribution in [3.05, 3.63) is 52.9 Å². The first-order chi connectivity index (χ1) is 12.8. The number of carbonyl (C=O) groups excluding carboxylic acids is 1. The molecule has 1 aromatic carbocycles. The highest BCUT2D eigenvalue weighted by Gasteiger charge is 2.36. The van der Waals surface area contributed by atoms with Crippen LogP contribution in [0.5, 0.6) is 0 Å². The Morgan fingerprint density at radius 1 is 1.30 bits per heavy atom. The molecule has 27 heavy (non-hydrogen) atoms. The van der Waals surface area contributed by atoms with E-state index in [1.54, 1.807) is 12.0 Å². The van der Waals surface area contributed by atoms with Crippen LogP contribution >= 0.6 is 0 Å². The maximum absolute atomic E-state index is 12.6. The smallest absolute Gasteiger partial charge is 0.379 e. The third kappa shape index (κ3) is 4.68. The molecule has 0 N–H and O–H groups in total. The third-order valence-electron chi connectivity index (χ3n) is 4.81. The van der Waals surface area contributed by atoms with Crippen LogP contribution in [0.15, 0.2) is 34.9 Å². The van der Waals surface area contributed by atoms with Crippen LogP contribution in [0.25, 0.3) is 0 Å². The number of alkyl halides is 3. The monoisotopic (exact) mass is 382 g/mol. The van der Waals surface area contributed by atoms with Gasteiger partial charge < -0.3 is 14.2 Å². The van der Waals surface area contributed by atoms with E-state index in [-0.39, 0.29) is 24.3 Å². The topological polar surface area (TPSA) is 55.6 Å². The first kappa shape index (κ1) is 19.4. The molecule has 3 rings (SSSR count). The highest BCUT2D eigenvalue weighted by molar-refractivity contribution is 5.79. The summed E-state index contributed by atoms with van der Waals surface area (Å²) in [6.45, 7) is 2.81. The number of halogens is 3. The lowest BCUT2D eigenvalue weighted by Crippen LogP contribution is -2.31. The first-order valence-corrected chi connectivity index (χ1v) is 8.65. The molecule has 1 aliphatic heterocycles. The Bertz CT molecular complexity index is 786. The van der Waals surface area contributed by atoms with Gasteiger partial charge in [0, 0.05) is 38.6 Å². The number of aromatic nitrogens is 1. The molecule has 146 valence electrons. The lowest BCUT2D eigenvalue weighted by atomic mass is 10.0. The summed E-state index contributed by atoms with van der Waals surface area (Å²) in [7, 11) is 1.60. The Balaban J connectivity index is 1.61. The number of carbonyl (C=O) groups is 1. The Hall–Kier alpha value is -2.35. The van der Waals surface area contributed by atoms with Gasteiger partial charge in [-0.15, -0.1) is 0 Å². The van der Waals surface area contributed by atoms with Crippen molar-refractivity contribution in [2.75, 3.05) is 20.2 Å². The maximum Gasteiger partial charge on any atom is 0.416 e. The number of benzene rings is 1. The number of hydrogen-bond acceptors (Lipinski definition) is 4. The molecule has 1 amide bonds. The van der Waals surface area contributed by atoms with Crippen molar-refractivity contribution in [1.29, 1.82) is 0 Å². The Morgan fingerprint density at radius 2 is 2.00 bits per heavy atom. The molecule has 2 heterocycles. The van der Waals surface area contributed by atoms with Crippen molar-refractivity contribution in [3.8, 4) is 0 Å². The molecule has 1 aromatic heterocycles. The van der Waals surface area contributed by atoms with E-state index in [0.717, 1.165) is 23.6 Å². The average molecular weight is 382 g/mol. The fourth-order valence-corrected chi connectivity index (χ4v) is 3.38. The van der Waals surface area contributed by atoms with E-state index in [1.807, 2.05) is 13.0 Å².